The molecule has 1 aliphatic rings. The van der Waals surface area contributed by atoms with Crippen LogP contribution in [0.25, 0.3) is 0 Å². The summed E-state index contributed by atoms with van der Waals surface area (Å²) in [7, 11) is 0. The minimum absolute atomic E-state index is 0.00930. The SMILES string of the molecule is CC1CCCN(C(=O)Nc2cccc(COCCOC(C)C)c2)C1. The number of piperidine rings is 1. The van der Waals surface area contributed by atoms with Gasteiger partial charge in [0.2, 0.25) is 0 Å². The van der Waals surface area contributed by atoms with Crippen molar-refractivity contribution in [3.05, 3.63) is 29.8 Å². The molecular weight excluding hydrogens is 304 g/mol. The Bertz CT molecular complexity index is 519. The number of rotatable bonds is 7. The Labute approximate surface area is 145 Å². The van der Waals surface area contributed by atoms with Gasteiger partial charge in [-0.2, -0.15) is 0 Å². The Hall–Kier alpha value is -1.59. The molecule has 1 N–H and O–H groups in total. The molecular formula is C19H30N2O3. The highest BCUT2D eigenvalue weighted by molar-refractivity contribution is 5.89. The lowest BCUT2D eigenvalue weighted by Crippen LogP contribution is -2.41. The summed E-state index contributed by atoms with van der Waals surface area (Å²) in [6.07, 6.45) is 2.52. The standard InChI is InChI=1S/C19H30N2O3/c1-15(2)24-11-10-23-14-17-7-4-8-18(12-17)20-19(22)21-9-5-6-16(3)13-21/h4,7-8,12,15-16H,5-6,9-11,13-14H2,1-3H3,(H,20,22). The van der Waals surface area contributed by atoms with Crippen molar-refractivity contribution in [3.8, 4) is 0 Å². The van der Waals surface area contributed by atoms with E-state index in [9.17, 15) is 4.79 Å². The Balaban J connectivity index is 1.78. The predicted molar refractivity (Wildman–Crippen MR) is 96.2 cm³/mol. The third kappa shape index (κ3) is 6.49. The monoisotopic (exact) mass is 334 g/mol. The lowest BCUT2D eigenvalue weighted by Gasteiger charge is -2.31. The van der Waals surface area contributed by atoms with E-state index in [2.05, 4.69) is 12.2 Å². The van der Waals surface area contributed by atoms with Crippen molar-refractivity contribution in [2.75, 3.05) is 31.6 Å². The molecule has 1 atom stereocenters. The average Bonchev–Trinajstić information content (AvgIpc) is 2.54. The van der Waals surface area contributed by atoms with Crippen LogP contribution in [0.5, 0.6) is 0 Å². The van der Waals surface area contributed by atoms with E-state index in [1.165, 1.54) is 6.42 Å². The van der Waals surface area contributed by atoms with Crippen LogP contribution >= 0.6 is 0 Å². The van der Waals surface area contributed by atoms with E-state index >= 15 is 0 Å². The minimum Gasteiger partial charge on any atom is -0.376 e. The number of likely N-dealkylation sites (tertiary alicyclic amines) is 1. The first-order chi connectivity index (χ1) is 11.5. The summed E-state index contributed by atoms with van der Waals surface area (Å²) >= 11 is 0. The summed E-state index contributed by atoms with van der Waals surface area (Å²) in [6.45, 7) is 9.58. The van der Waals surface area contributed by atoms with Crippen molar-refractivity contribution >= 4 is 11.7 Å². The van der Waals surface area contributed by atoms with Gasteiger partial charge in [0.25, 0.3) is 0 Å². The molecule has 1 aromatic carbocycles. The molecule has 0 bridgehead atoms. The maximum Gasteiger partial charge on any atom is 0.321 e. The summed E-state index contributed by atoms with van der Waals surface area (Å²) in [5, 5.41) is 3.00. The Morgan fingerprint density at radius 1 is 1.38 bits per heavy atom. The molecule has 0 saturated carbocycles. The zero-order chi connectivity index (χ0) is 17.4. The molecule has 1 saturated heterocycles. The van der Waals surface area contributed by atoms with Crippen LogP contribution in [-0.4, -0.2) is 43.3 Å². The molecule has 1 aromatic rings. The second-order valence-electron chi connectivity index (χ2n) is 6.80. The number of hydrogen-bond donors (Lipinski definition) is 1. The third-order valence-electron chi connectivity index (χ3n) is 4.07. The van der Waals surface area contributed by atoms with Gasteiger partial charge >= 0.3 is 6.03 Å². The molecule has 5 nitrogen and oxygen atoms in total. The highest BCUT2D eigenvalue weighted by Gasteiger charge is 2.20. The number of hydrogen-bond acceptors (Lipinski definition) is 3. The molecule has 2 amide bonds. The molecule has 5 heteroatoms. The van der Waals surface area contributed by atoms with E-state index in [1.807, 2.05) is 43.0 Å². The van der Waals surface area contributed by atoms with Gasteiger partial charge in [0.15, 0.2) is 0 Å². The Kier molecular flexibility index (Phi) is 7.53. The van der Waals surface area contributed by atoms with Gasteiger partial charge in [0, 0.05) is 18.8 Å². The molecule has 0 aliphatic carbocycles. The fourth-order valence-corrected chi connectivity index (χ4v) is 2.85. The quantitative estimate of drug-likeness (QED) is 0.770. The molecule has 24 heavy (non-hydrogen) atoms. The van der Waals surface area contributed by atoms with Gasteiger partial charge in [-0.3, -0.25) is 0 Å². The fraction of sp³-hybridized carbons (Fsp3) is 0.632. The van der Waals surface area contributed by atoms with Crippen molar-refractivity contribution in [1.29, 1.82) is 0 Å². The number of amides is 2. The number of nitrogens with one attached hydrogen (secondary N) is 1. The number of benzene rings is 1. The number of nitrogens with zero attached hydrogens (tertiary/aromatic N) is 1. The minimum atomic E-state index is -0.00930. The molecule has 2 rings (SSSR count). The number of anilines is 1. The normalized spacial score (nSPS) is 18.0. The second kappa shape index (κ2) is 9.64. The van der Waals surface area contributed by atoms with E-state index in [0.717, 1.165) is 30.8 Å². The van der Waals surface area contributed by atoms with Gasteiger partial charge in [-0.1, -0.05) is 19.1 Å². The Morgan fingerprint density at radius 2 is 2.21 bits per heavy atom. The summed E-state index contributed by atoms with van der Waals surface area (Å²) in [6, 6.07) is 7.82. The number of urea groups is 1. The van der Waals surface area contributed by atoms with Gasteiger partial charge < -0.3 is 19.7 Å². The number of carbonyl (C=O) groups excluding carboxylic acids is 1. The van der Waals surface area contributed by atoms with Crippen LogP contribution in [0.2, 0.25) is 0 Å². The smallest absolute Gasteiger partial charge is 0.321 e. The number of carbonyl (C=O) groups is 1. The van der Waals surface area contributed by atoms with Crippen LogP contribution in [0.1, 0.15) is 39.2 Å². The fourth-order valence-electron chi connectivity index (χ4n) is 2.85. The van der Waals surface area contributed by atoms with Gasteiger partial charge in [0.05, 0.1) is 25.9 Å². The van der Waals surface area contributed by atoms with E-state index in [-0.39, 0.29) is 12.1 Å². The van der Waals surface area contributed by atoms with Crippen molar-refractivity contribution in [2.45, 2.75) is 46.3 Å². The summed E-state index contributed by atoms with van der Waals surface area (Å²) < 4.78 is 11.1. The van der Waals surface area contributed by atoms with Crippen LogP contribution in [0, 0.1) is 5.92 Å². The van der Waals surface area contributed by atoms with Gasteiger partial charge in [0.1, 0.15) is 0 Å². The predicted octanol–water partition coefficient (Wildman–Crippen LogP) is 3.89. The lowest BCUT2D eigenvalue weighted by molar-refractivity contribution is 0.0143. The van der Waals surface area contributed by atoms with Crippen molar-refractivity contribution < 1.29 is 14.3 Å². The van der Waals surface area contributed by atoms with Gasteiger partial charge in [-0.15, -0.1) is 0 Å². The zero-order valence-electron chi connectivity index (χ0n) is 15.1. The first-order valence-corrected chi connectivity index (χ1v) is 8.89. The van der Waals surface area contributed by atoms with Crippen LogP contribution < -0.4 is 5.32 Å². The van der Waals surface area contributed by atoms with Crippen LogP contribution in [0.3, 0.4) is 0 Å². The molecule has 1 fully saturated rings. The van der Waals surface area contributed by atoms with Crippen molar-refractivity contribution in [1.82, 2.24) is 4.90 Å². The maximum atomic E-state index is 12.4. The molecule has 1 aliphatic heterocycles. The third-order valence-corrected chi connectivity index (χ3v) is 4.07. The average molecular weight is 334 g/mol. The van der Waals surface area contributed by atoms with E-state index in [0.29, 0.717) is 25.7 Å². The molecule has 0 radical (unpaired) electrons. The van der Waals surface area contributed by atoms with Crippen LogP contribution in [0.4, 0.5) is 10.5 Å². The van der Waals surface area contributed by atoms with Crippen molar-refractivity contribution in [2.24, 2.45) is 5.92 Å². The Morgan fingerprint density at radius 3 is 2.96 bits per heavy atom. The summed E-state index contributed by atoms with van der Waals surface area (Å²) in [5.41, 5.74) is 1.86. The van der Waals surface area contributed by atoms with Crippen LogP contribution in [0.15, 0.2) is 24.3 Å². The van der Waals surface area contributed by atoms with E-state index < -0.39 is 0 Å². The topological polar surface area (TPSA) is 50.8 Å². The van der Waals surface area contributed by atoms with E-state index in [1.54, 1.807) is 0 Å². The first-order valence-electron chi connectivity index (χ1n) is 8.89. The van der Waals surface area contributed by atoms with Crippen molar-refractivity contribution in [3.63, 3.8) is 0 Å². The highest BCUT2D eigenvalue weighted by atomic mass is 16.5. The zero-order valence-corrected chi connectivity index (χ0v) is 15.1. The highest BCUT2D eigenvalue weighted by Crippen LogP contribution is 2.17. The van der Waals surface area contributed by atoms with Gasteiger partial charge in [-0.05, 0) is 50.3 Å². The van der Waals surface area contributed by atoms with Gasteiger partial charge in [-0.25, -0.2) is 4.79 Å². The van der Waals surface area contributed by atoms with Crippen LogP contribution in [-0.2, 0) is 16.1 Å². The summed E-state index contributed by atoms with van der Waals surface area (Å²) in [5.74, 6) is 0.581. The maximum absolute atomic E-state index is 12.4. The molecule has 134 valence electrons. The largest absolute Gasteiger partial charge is 0.376 e. The molecule has 1 unspecified atom stereocenters. The molecule has 0 aromatic heterocycles. The summed E-state index contributed by atoms with van der Waals surface area (Å²) in [4.78, 5) is 14.3. The molecule has 0 spiro atoms. The first kappa shape index (κ1) is 18.7. The second-order valence-corrected chi connectivity index (χ2v) is 6.80. The number of ether oxygens (including phenoxy) is 2. The molecule has 1 heterocycles. The lowest BCUT2D eigenvalue weighted by atomic mass is 10.0. The van der Waals surface area contributed by atoms with E-state index in [4.69, 9.17) is 9.47 Å².